The van der Waals surface area contributed by atoms with Crippen molar-refractivity contribution in [2.24, 2.45) is 0 Å². The summed E-state index contributed by atoms with van der Waals surface area (Å²) in [5.74, 6) is 0.656. The number of aryl methyl sites for hydroxylation is 1. The second-order valence-electron chi connectivity index (χ2n) is 6.26. The Morgan fingerprint density at radius 2 is 2.08 bits per heavy atom. The summed E-state index contributed by atoms with van der Waals surface area (Å²) < 4.78 is 34.3. The van der Waals surface area contributed by atoms with E-state index in [1.54, 1.807) is 0 Å². The van der Waals surface area contributed by atoms with E-state index < -0.39 is 28.0 Å². The number of hydrogen-bond donors (Lipinski definition) is 2. The maximum absolute atomic E-state index is 12.3. The minimum atomic E-state index is -3.18. The monoisotopic (exact) mass is 354 g/mol. The summed E-state index contributed by atoms with van der Waals surface area (Å²) >= 11 is 0. The maximum Gasteiger partial charge on any atom is 0.315 e. The molecular formula is C16H22N2O5S. The summed E-state index contributed by atoms with van der Waals surface area (Å²) in [6.07, 6.45) is 0.158. The summed E-state index contributed by atoms with van der Waals surface area (Å²) in [4.78, 5) is 12.3. The van der Waals surface area contributed by atoms with E-state index in [-0.39, 0.29) is 17.5 Å². The van der Waals surface area contributed by atoms with Crippen molar-refractivity contribution in [3.63, 3.8) is 0 Å². The van der Waals surface area contributed by atoms with Crippen molar-refractivity contribution in [2.75, 3.05) is 25.2 Å². The van der Waals surface area contributed by atoms with E-state index in [4.69, 9.17) is 9.47 Å². The number of urea groups is 1. The Balaban J connectivity index is 1.67. The van der Waals surface area contributed by atoms with Crippen LogP contribution in [-0.2, 0) is 14.6 Å². The van der Waals surface area contributed by atoms with Crippen LogP contribution in [0, 0.1) is 6.92 Å². The molecule has 0 radical (unpaired) electrons. The van der Waals surface area contributed by atoms with E-state index in [1.165, 1.54) is 7.11 Å². The molecular weight excluding hydrogens is 332 g/mol. The molecule has 0 aliphatic carbocycles. The number of carbonyl (C=O) groups excluding carboxylic acids is 1. The SMILES string of the molecule is COC1CS(=O)(=O)CC1NC(=O)N[C@@H]1CCOc2c(C)cccc21. The molecule has 8 heteroatoms. The van der Waals surface area contributed by atoms with Gasteiger partial charge in [0.15, 0.2) is 9.84 Å². The van der Waals surface area contributed by atoms with Gasteiger partial charge < -0.3 is 20.1 Å². The first-order valence-corrected chi connectivity index (χ1v) is 9.74. The van der Waals surface area contributed by atoms with Crippen LogP contribution in [0.3, 0.4) is 0 Å². The van der Waals surface area contributed by atoms with E-state index in [0.29, 0.717) is 13.0 Å². The van der Waals surface area contributed by atoms with Crippen LogP contribution in [0.1, 0.15) is 23.6 Å². The van der Waals surface area contributed by atoms with Gasteiger partial charge >= 0.3 is 6.03 Å². The first-order valence-electron chi connectivity index (χ1n) is 7.92. The first-order chi connectivity index (χ1) is 11.4. The average molecular weight is 354 g/mol. The van der Waals surface area contributed by atoms with Crippen LogP contribution in [0.25, 0.3) is 0 Å². The second kappa shape index (κ2) is 6.60. The number of nitrogens with one attached hydrogen (secondary N) is 2. The standard InChI is InChI=1S/C16H22N2O5S/c1-10-4-3-5-11-12(6-7-23-15(10)11)17-16(19)18-13-8-24(20,21)9-14(13)22-2/h3-5,12-14H,6-9H2,1-2H3,(H2,17,18,19)/t12-,13?,14?/m1/s1. The van der Waals surface area contributed by atoms with Crippen molar-refractivity contribution in [1.82, 2.24) is 10.6 Å². The zero-order chi connectivity index (χ0) is 17.3. The first kappa shape index (κ1) is 17.0. The molecule has 2 aliphatic heterocycles. The molecule has 1 fully saturated rings. The Kier molecular flexibility index (Phi) is 4.69. The van der Waals surface area contributed by atoms with Crippen molar-refractivity contribution in [1.29, 1.82) is 0 Å². The number of amides is 2. The minimum absolute atomic E-state index is 0.0618. The number of ether oxygens (including phenoxy) is 2. The average Bonchev–Trinajstić information content (AvgIpc) is 2.82. The summed E-state index contributed by atoms with van der Waals surface area (Å²) in [6.45, 7) is 2.50. The molecule has 2 amide bonds. The quantitative estimate of drug-likeness (QED) is 0.842. The van der Waals surface area contributed by atoms with Crippen LogP contribution in [-0.4, -0.2) is 51.8 Å². The molecule has 2 aliphatic rings. The number of fused-ring (bicyclic) bond motifs is 1. The number of sulfone groups is 1. The van der Waals surface area contributed by atoms with Gasteiger partial charge in [-0.25, -0.2) is 13.2 Å². The lowest BCUT2D eigenvalue weighted by Gasteiger charge is -2.28. The number of carbonyl (C=O) groups is 1. The highest BCUT2D eigenvalue weighted by Gasteiger charge is 2.39. The summed E-state index contributed by atoms with van der Waals surface area (Å²) in [5.41, 5.74) is 1.97. The fourth-order valence-corrected chi connectivity index (χ4v) is 5.13. The van der Waals surface area contributed by atoms with E-state index >= 15 is 0 Å². The molecule has 7 nitrogen and oxygen atoms in total. The third kappa shape index (κ3) is 3.49. The summed E-state index contributed by atoms with van der Waals surface area (Å²) in [7, 11) is -1.72. The molecule has 0 saturated carbocycles. The number of hydrogen-bond acceptors (Lipinski definition) is 5. The fourth-order valence-electron chi connectivity index (χ4n) is 3.28. The molecule has 0 aromatic heterocycles. The smallest absolute Gasteiger partial charge is 0.315 e. The number of methoxy groups -OCH3 is 1. The van der Waals surface area contributed by atoms with Gasteiger partial charge in [0.25, 0.3) is 0 Å². The molecule has 0 bridgehead atoms. The van der Waals surface area contributed by atoms with Crippen molar-refractivity contribution in [3.8, 4) is 5.75 Å². The second-order valence-corrected chi connectivity index (χ2v) is 8.41. The molecule has 24 heavy (non-hydrogen) atoms. The molecule has 1 saturated heterocycles. The Bertz CT molecular complexity index is 734. The van der Waals surface area contributed by atoms with Crippen molar-refractivity contribution in [2.45, 2.75) is 31.5 Å². The van der Waals surface area contributed by atoms with Crippen molar-refractivity contribution >= 4 is 15.9 Å². The van der Waals surface area contributed by atoms with Gasteiger partial charge in [0.2, 0.25) is 0 Å². The van der Waals surface area contributed by atoms with E-state index in [0.717, 1.165) is 16.9 Å². The van der Waals surface area contributed by atoms with Crippen LogP contribution < -0.4 is 15.4 Å². The fraction of sp³-hybridized carbons (Fsp3) is 0.562. The largest absolute Gasteiger partial charge is 0.493 e. The van der Waals surface area contributed by atoms with Crippen LogP contribution >= 0.6 is 0 Å². The molecule has 2 N–H and O–H groups in total. The van der Waals surface area contributed by atoms with Crippen LogP contribution in [0.4, 0.5) is 4.79 Å². The highest BCUT2D eigenvalue weighted by molar-refractivity contribution is 7.91. The Morgan fingerprint density at radius 3 is 2.83 bits per heavy atom. The van der Waals surface area contributed by atoms with Gasteiger partial charge in [0.05, 0.1) is 36.3 Å². The molecule has 2 heterocycles. The number of para-hydroxylation sites is 1. The normalized spacial score (nSPS) is 27.8. The molecule has 3 atom stereocenters. The van der Waals surface area contributed by atoms with Gasteiger partial charge in [-0.05, 0) is 12.5 Å². The molecule has 1 aromatic rings. The number of rotatable bonds is 3. The Morgan fingerprint density at radius 1 is 1.29 bits per heavy atom. The van der Waals surface area contributed by atoms with Crippen LogP contribution in [0.5, 0.6) is 5.75 Å². The minimum Gasteiger partial charge on any atom is -0.493 e. The molecule has 0 spiro atoms. The van der Waals surface area contributed by atoms with Gasteiger partial charge in [-0.2, -0.15) is 0 Å². The van der Waals surface area contributed by atoms with Gasteiger partial charge in [-0.1, -0.05) is 18.2 Å². The molecule has 1 aromatic carbocycles. The van der Waals surface area contributed by atoms with Gasteiger partial charge in [-0.15, -0.1) is 0 Å². The third-order valence-corrected chi connectivity index (χ3v) is 6.20. The van der Waals surface area contributed by atoms with E-state index in [9.17, 15) is 13.2 Å². The topological polar surface area (TPSA) is 93.7 Å². The molecule has 2 unspecified atom stereocenters. The zero-order valence-electron chi connectivity index (χ0n) is 13.7. The Labute approximate surface area is 141 Å². The molecule has 3 rings (SSSR count). The van der Waals surface area contributed by atoms with Gasteiger partial charge in [-0.3, -0.25) is 0 Å². The highest BCUT2D eigenvalue weighted by atomic mass is 32.2. The third-order valence-electron chi connectivity index (χ3n) is 4.50. The predicted molar refractivity (Wildman–Crippen MR) is 88.9 cm³/mol. The number of benzene rings is 1. The highest BCUT2D eigenvalue weighted by Crippen LogP contribution is 2.34. The van der Waals surface area contributed by atoms with Gasteiger partial charge in [0.1, 0.15) is 5.75 Å². The lowest BCUT2D eigenvalue weighted by Crippen LogP contribution is -2.49. The van der Waals surface area contributed by atoms with E-state index in [2.05, 4.69) is 10.6 Å². The lowest BCUT2D eigenvalue weighted by atomic mass is 9.98. The van der Waals surface area contributed by atoms with Crippen molar-refractivity contribution < 1.29 is 22.7 Å². The predicted octanol–water partition coefficient (Wildman–Crippen LogP) is 0.930. The maximum atomic E-state index is 12.3. The summed E-state index contributed by atoms with van der Waals surface area (Å²) in [5, 5.41) is 5.65. The van der Waals surface area contributed by atoms with Crippen molar-refractivity contribution in [3.05, 3.63) is 29.3 Å². The lowest BCUT2D eigenvalue weighted by molar-refractivity contribution is 0.101. The van der Waals surface area contributed by atoms with Crippen LogP contribution in [0.15, 0.2) is 18.2 Å². The van der Waals surface area contributed by atoms with E-state index in [1.807, 2.05) is 25.1 Å². The van der Waals surface area contributed by atoms with Gasteiger partial charge in [0, 0.05) is 19.1 Å². The Hall–Kier alpha value is -1.80. The summed E-state index contributed by atoms with van der Waals surface area (Å²) in [6, 6.07) is 4.75. The zero-order valence-corrected chi connectivity index (χ0v) is 14.6. The van der Waals surface area contributed by atoms with Crippen LogP contribution in [0.2, 0.25) is 0 Å². The molecule has 132 valence electrons.